The van der Waals surface area contributed by atoms with E-state index >= 15 is 0 Å². The van der Waals surface area contributed by atoms with Crippen LogP contribution in [0.4, 0.5) is 0 Å². The number of hydrogen-bond donors (Lipinski definition) is 2. The van der Waals surface area contributed by atoms with Crippen molar-refractivity contribution in [2.45, 2.75) is 38.3 Å². The molecule has 1 fully saturated rings. The van der Waals surface area contributed by atoms with Gasteiger partial charge in [0.2, 0.25) is 0 Å². The van der Waals surface area contributed by atoms with Gasteiger partial charge in [-0.3, -0.25) is 4.90 Å². The van der Waals surface area contributed by atoms with Crippen LogP contribution in [0, 0.1) is 0 Å². The molecular formula is C11H24N4O. The molecule has 5 nitrogen and oxygen atoms in total. The third-order valence-electron chi connectivity index (χ3n) is 3.49. The predicted octanol–water partition coefficient (Wildman–Crippen LogP) is 0.537. The van der Waals surface area contributed by atoms with E-state index in [1.807, 2.05) is 0 Å². The fraction of sp³-hybridized carbons (Fsp3) is 0.909. The summed E-state index contributed by atoms with van der Waals surface area (Å²) in [7, 11) is 4.25. The zero-order valence-corrected chi connectivity index (χ0v) is 10.6. The number of likely N-dealkylation sites (tertiary alicyclic amines) is 1. The zero-order valence-electron chi connectivity index (χ0n) is 10.6. The Morgan fingerprint density at radius 2 is 2.31 bits per heavy atom. The first-order chi connectivity index (χ1) is 7.58. The van der Waals surface area contributed by atoms with Gasteiger partial charge in [0.05, 0.1) is 0 Å². The summed E-state index contributed by atoms with van der Waals surface area (Å²) in [5.74, 6) is 0.333. The van der Waals surface area contributed by atoms with Crippen LogP contribution in [0.1, 0.15) is 26.2 Å². The minimum Gasteiger partial charge on any atom is -0.409 e. The minimum absolute atomic E-state index is 0.333. The van der Waals surface area contributed by atoms with Crippen molar-refractivity contribution in [2.75, 3.05) is 27.2 Å². The maximum atomic E-state index is 8.60. The van der Waals surface area contributed by atoms with Gasteiger partial charge in [-0.2, -0.15) is 0 Å². The highest BCUT2D eigenvalue weighted by Crippen LogP contribution is 2.19. The number of nitrogens with zero attached hydrogens (tertiary/aromatic N) is 3. The topological polar surface area (TPSA) is 65.1 Å². The SMILES string of the molecule is CCC(CC(N)=NO)N1CCC(N(C)C)C1. The summed E-state index contributed by atoms with van der Waals surface area (Å²) < 4.78 is 0. The Hall–Kier alpha value is -0.810. The summed E-state index contributed by atoms with van der Waals surface area (Å²) in [6, 6.07) is 1.04. The maximum Gasteiger partial charge on any atom is 0.140 e. The Labute approximate surface area is 97.9 Å². The summed E-state index contributed by atoms with van der Waals surface area (Å²) in [6.07, 6.45) is 2.91. The van der Waals surface area contributed by atoms with Crippen molar-refractivity contribution in [1.82, 2.24) is 9.80 Å². The van der Waals surface area contributed by atoms with Crippen molar-refractivity contribution < 1.29 is 5.21 Å². The number of oxime groups is 1. The molecule has 0 aromatic carbocycles. The van der Waals surface area contributed by atoms with E-state index in [-0.39, 0.29) is 0 Å². The average Bonchev–Trinajstić information content (AvgIpc) is 2.74. The molecule has 1 saturated heterocycles. The third-order valence-corrected chi connectivity index (χ3v) is 3.49. The highest BCUT2D eigenvalue weighted by atomic mass is 16.4. The normalized spacial score (nSPS) is 25.2. The van der Waals surface area contributed by atoms with E-state index < -0.39 is 0 Å². The van der Waals surface area contributed by atoms with Crippen molar-refractivity contribution in [3.63, 3.8) is 0 Å². The molecule has 0 bridgehead atoms. The Bertz CT molecular complexity index is 242. The number of hydrogen-bond acceptors (Lipinski definition) is 4. The summed E-state index contributed by atoms with van der Waals surface area (Å²) in [5, 5.41) is 11.7. The lowest BCUT2D eigenvalue weighted by Crippen LogP contribution is -2.39. The van der Waals surface area contributed by atoms with Crippen LogP contribution in [0.25, 0.3) is 0 Å². The lowest BCUT2D eigenvalue weighted by Gasteiger charge is -2.27. The van der Waals surface area contributed by atoms with Crippen LogP contribution in [0.3, 0.4) is 0 Å². The molecule has 1 aliphatic rings. The molecule has 2 atom stereocenters. The van der Waals surface area contributed by atoms with Gasteiger partial charge in [0.15, 0.2) is 0 Å². The molecule has 1 rings (SSSR count). The van der Waals surface area contributed by atoms with Crippen LogP contribution < -0.4 is 5.73 Å². The van der Waals surface area contributed by atoms with Gasteiger partial charge in [0.1, 0.15) is 5.84 Å². The molecule has 94 valence electrons. The second-order valence-corrected chi connectivity index (χ2v) is 4.76. The van der Waals surface area contributed by atoms with Crippen molar-refractivity contribution in [3.05, 3.63) is 0 Å². The molecule has 5 heteroatoms. The number of amidine groups is 1. The van der Waals surface area contributed by atoms with Crippen LogP contribution in [0.2, 0.25) is 0 Å². The molecular weight excluding hydrogens is 204 g/mol. The molecule has 0 amide bonds. The van der Waals surface area contributed by atoms with Crippen molar-refractivity contribution in [2.24, 2.45) is 10.9 Å². The van der Waals surface area contributed by atoms with E-state index in [9.17, 15) is 0 Å². The molecule has 0 radical (unpaired) electrons. The molecule has 2 unspecified atom stereocenters. The van der Waals surface area contributed by atoms with E-state index in [4.69, 9.17) is 10.9 Å². The lowest BCUT2D eigenvalue weighted by molar-refractivity contribution is 0.212. The van der Waals surface area contributed by atoms with E-state index in [0.29, 0.717) is 24.3 Å². The fourth-order valence-electron chi connectivity index (χ4n) is 2.34. The summed E-state index contributed by atoms with van der Waals surface area (Å²) >= 11 is 0. The van der Waals surface area contributed by atoms with Gasteiger partial charge in [0.25, 0.3) is 0 Å². The molecule has 0 aliphatic carbocycles. The lowest BCUT2D eigenvalue weighted by atomic mass is 10.1. The Morgan fingerprint density at radius 3 is 2.75 bits per heavy atom. The van der Waals surface area contributed by atoms with Gasteiger partial charge < -0.3 is 15.8 Å². The summed E-state index contributed by atoms with van der Waals surface area (Å²) in [4.78, 5) is 4.72. The molecule has 0 aromatic heterocycles. The van der Waals surface area contributed by atoms with Gasteiger partial charge in [-0.25, -0.2) is 0 Å². The van der Waals surface area contributed by atoms with Crippen molar-refractivity contribution in [3.8, 4) is 0 Å². The Kier molecular flexibility index (Phi) is 5.02. The summed E-state index contributed by atoms with van der Waals surface area (Å²) in [5.41, 5.74) is 5.57. The summed E-state index contributed by atoms with van der Waals surface area (Å²) in [6.45, 7) is 4.35. The van der Waals surface area contributed by atoms with Gasteiger partial charge in [0, 0.05) is 31.6 Å². The van der Waals surface area contributed by atoms with E-state index in [0.717, 1.165) is 19.5 Å². The third kappa shape index (κ3) is 3.35. The van der Waals surface area contributed by atoms with E-state index in [1.54, 1.807) is 0 Å². The molecule has 0 saturated carbocycles. The highest BCUT2D eigenvalue weighted by molar-refractivity contribution is 5.80. The molecule has 3 N–H and O–H groups in total. The van der Waals surface area contributed by atoms with Gasteiger partial charge in [-0.15, -0.1) is 0 Å². The standard InChI is InChI=1S/C11H24N4O/c1-4-9(7-11(12)13-16)15-6-5-10(8-15)14(2)3/h9-10,16H,4-8H2,1-3H3,(H2,12,13). The van der Waals surface area contributed by atoms with Gasteiger partial charge >= 0.3 is 0 Å². The first-order valence-electron chi connectivity index (χ1n) is 5.95. The Balaban J connectivity index is 2.49. The first-order valence-corrected chi connectivity index (χ1v) is 5.95. The molecule has 16 heavy (non-hydrogen) atoms. The molecule has 1 aliphatic heterocycles. The smallest absolute Gasteiger partial charge is 0.140 e. The predicted molar refractivity (Wildman–Crippen MR) is 65.8 cm³/mol. The largest absolute Gasteiger partial charge is 0.409 e. The van der Waals surface area contributed by atoms with Crippen LogP contribution in [0.5, 0.6) is 0 Å². The van der Waals surface area contributed by atoms with Crippen LogP contribution in [-0.2, 0) is 0 Å². The van der Waals surface area contributed by atoms with E-state index in [1.165, 1.54) is 6.42 Å². The molecule has 0 spiro atoms. The second kappa shape index (κ2) is 6.06. The van der Waals surface area contributed by atoms with Crippen LogP contribution in [-0.4, -0.2) is 60.1 Å². The van der Waals surface area contributed by atoms with Crippen LogP contribution in [0.15, 0.2) is 5.16 Å². The highest BCUT2D eigenvalue weighted by Gasteiger charge is 2.28. The first kappa shape index (κ1) is 13.3. The Morgan fingerprint density at radius 1 is 1.62 bits per heavy atom. The minimum atomic E-state index is 0.333. The fourth-order valence-corrected chi connectivity index (χ4v) is 2.34. The quantitative estimate of drug-likeness (QED) is 0.312. The zero-order chi connectivity index (χ0) is 12.1. The molecule has 0 aromatic rings. The van der Waals surface area contributed by atoms with Gasteiger partial charge in [-0.1, -0.05) is 12.1 Å². The number of rotatable bonds is 5. The molecule has 1 heterocycles. The van der Waals surface area contributed by atoms with Crippen molar-refractivity contribution >= 4 is 5.84 Å². The van der Waals surface area contributed by atoms with Crippen LogP contribution >= 0.6 is 0 Å². The second-order valence-electron chi connectivity index (χ2n) is 4.76. The van der Waals surface area contributed by atoms with Crippen molar-refractivity contribution in [1.29, 1.82) is 0 Å². The monoisotopic (exact) mass is 228 g/mol. The number of likely N-dealkylation sites (N-methyl/N-ethyl adjacent to an activating group) is 1. The number of nitrogens with two attached hydrogens (primary N) is 1. The maximum absolute atomic E-state index is 8.60. The van der Waals surface area contributed by atoms with Gasteiger partial charge in [-0.05, 0) is 26.9 Å². The van der Waals surface area contributed by atoms with E-state index in [2.05, 4.69) is 36.0 Å². The average molecular weight is 228 g/mol.